The first kappa shape index (κ1) is 14.1. The highest BCUT2D eigenvalue weighted by Gasteiger charge is 2.20. The molecule has 112 valence electrons. The maximum Gasteiger partial charge on any atom is 0.356 e. The van der Waals surface area contributed by atoms with Crippen molar-refractivity contribution in [2.45, 2.75) is 25.7 Å². The predicted octanol–water partition coefficient (Wildman–Crippen LogP) is 2.32. The Hall–Kier alpha value is -1.88. The second-order valence-corrected chi connectivity index (χ2v) is 5.63. The first-order valence-electron chi connectivity index (χ1n) is 7.51. The predicted molar refractivity (Wildman–Crippen MR) is 80.6 cm³/mol. The number of imidazole rings is 1. The third-order valence-electron chi connectivity index (χ3n) is 4.20. The van der Waals surface area contributed by atoms with Crippen LogP contribution < -0.4 is 0 Å². The number of likely N-dealkylation sites (tertiary alicyclic amines) is 1. The molecule has 1 aliphatic rings. The van der Waals surface area contributed by atoms with Crippen LogP contribution >= 0.6 is 0 Å². The molecule has 0 radical (unpaired) electrons. The Labute approximate surface area is 124 Å². The first-order chi connectivity index (χ1) is 10.2. The molecule has 21 heavy (non-hydrogen) atoms. The molecule has 5 nitrogen and oxygen atoms in total. The molecule has 0 unspecified atom stereocenters. The number of hydrogen-bond donors (Lipinski definition) is 0. The van der Waals surface area contributed by atoms with Crippen molar-refractivity contribution in [2.75, 3.05) is 26.7 Å². The van der Waals surface area contributed by atoms with Crippen molar-refractivity contribution in [3.63, 3.8) is 0 Å². The quantitative estimate of drug-likeness (QED) is 0.813. The number of carbonyl (C=O) groups is 1. The van der Waals surface area contributed by atoms with E-state index in [1.165, 1.54) is 5.56 Å². The summed E-state index contributed by atoms with van der Waals surface area (Å²) >= 11 is 0. The van der Waals surface area contributed by atoms with Gasteiger partial charge in [0, 0.05) is 6.20 Å². The van der Waals surface area contributed by atoms with Crippen LogP contribution in [0.3, 0.4) is 0 Å². The normalized spacial score (nSPS) is 17.2. The van der Waals surface area contributed by atoms with E-state index in [1.807, 2.05) is 23.6 Å². The van der Waals surface area contributed by atoms with Gasteiger partial charge in [-0.05, 0) is 57.5 Å². The smallest absolute Gasteiger partial charge is 0.356 e. The van der Waals surface area contributed by atoms with Gasteiger partial charge in [-0.15, -0.1) is 0 Å². The average molecular weight is 287 g/mol. The summed E-state index contributed by atoms with van der Waals surface area (Å²) in [5.74, 6) is 0.244. The first-order valence-corrected chi connectivity index (χ1v) is 7.51. The van der Waals surface area contributed by atoms with Gasteiger partial charge in [0.1, 0.15) is 5.65 Å². The van der Waals surface area contributed by atoms with E-state index in [1.54, 1.807) is 6.20 Å². The lowest BCUT2D eigenvalue weighted by molar-refractivity contribution is 0.0518. The van der Waals surface area contributed by atoms with E-state index in [0.717, 1.165) is 31.6 Å². The zero-order chi connectivity index (χ0) is 14.8. The number of hydrogen-bond acceptors (Lipinski definition) is 4. The van der Waals surface area contributed by atoms with Crippen LogP contribution in [-0.2, 0) is 4.74 Å². The van der Waals surface area contributed by atoms with E-state index in [9.17, 15) is 4.79 Å². The Morgan fingerprint density at radius 3 is 2.86 bits per heavy atom. The maximum atomic E-state index is 12.0. The van der Waals surface area contributed by atoms with Gasteiger partial charge < -0.3 is 9.64 Å². The Morgan fingerprint density at radius 1 is 1.38 bits per heavy atom. The maximum absolute atomic E-state index is 12.0. The molecule has 5 heteroatoms. The van der Waals surface area contributed by atoms with Gasteiger partial charge in [0.05, 0.1) is 12.8 Å². The SMILES string of the molecule is CCOC(=O)c1cnc2ccc(C3CCN(C)CC3)cn12. The van der Waals surface area contributed by atoms with E-state index in [2.05, 4.69) is 23.0 Å². The standard InChI is InChI=1S/C16H21N3O2/c1-3-21-16(20)14-10-17-15-5-4-13(11-19(14)15)12-6-8-18(2)9-7-12/h4-5,10-12H,3,6-9H2,1-2H3. The highest BCUT2D eigenvalue weighted by molar-refractivity contribution is 5.88. The molecule has 0 bridgehead atoms. The van der Waals surface area contributed by atoms with Gasteiger partial charge in [-0.3, -0.25) is 4.40 Å². The Balaban J connectivity index is 1.91. The van der Waals surface area contributed by atoms with Crippen molar-refractivity contribution in [2.24, 2.45) is 0 Å². The third kappa shape index (κ3) is 2.78. The summed E-state index contributed by atoms with van der Waals surface area (Å²) in [7, 11) is 2.16. The van der Waals surface area contributed by atoms with Gasteiger partial charge in [-0.2, -0.15) is 0 Å². The molecule has 3 heterocycles. The Morgan fingerprint density at radius 2 is 2.14 bits per heavy atom. The zero-order valence-electron chi connectivity index (χ0n) is 12.6. The Bertz CT molecular complexity index is 642. The second-order valence-electron chi connectivity index (χ2n) is 5.63. The number of aromatic nitrogens is 2. The molecule has 0 aromatic carbocycles. The van der Waals surface area contributed by atoms with Crippen LogP contribution in [0.15, 0.2) is 24.5 Å². The van der Waals surface area contributed by atoms with Gasteiger partial charge >= 0.3 is 5.97 Å². The summed E-state index contributed by atoms with van der Waals surface area (Å²) in [5.41, 5.74) is 2.57. The fraction of sp³-hybridized carbons (Fsp3) is 0.500. The minimum Gasteiger partial charge on any atom is -0.461 e. The van der Waals surface area contributed by atoms with Crippen molar-refractivity contribution < 1.29 is 9.53 Å². The van der Waals surface area contributed by atoms with Crippen LogP contribution in [0.4, 0.5) is 0 Å². The lowest BCUT2D eigenvalue weighted by Crippen LogP contribution is -2.29. The molecule has 1 aliphatic heterocycles. The lowest BCUT2D eigenvalue weighted by Gasteiger charge is -2.29. The van der Waals surface area contributed by atoms with Gasteiger partial charge in [0.2, 0.25) is 0 Å². The molecule has 0 saturated carbocycles. The van der Waals surface area contributed by atoms with Gasteiger partial charge in [0.15, 0.2) is 5.69 Å². The van der Waals surface area contributed by atoms with Crippen molar-refractivity contribution in [3.05, 3.63) is 35.8 Å². The van der Waals surface area contributed by atoms with Crippen LogP contribution in [-0.4, -0.2) is 47.0 Å². The van der Waals surface area contributed by atoms with Crippen LogP contribution in [0.2, 0.25) is 0 Å². The second kappa shape index (κ2) is 5.85. The Kier molecular flexibility index (Phi) is 3.92. The topological polar surface area (TPSA) is 46.8 Å². The average Bonchev–Trinajstić information content (AvgIpc) is 2.91. The number of carbonyl (C=O) groups excluding carboxylic acids is 1. The van der Waals surface area contributed by atoms with Crippen LogP contribution in [0.1, 0.15) is 41.7 Å². The molecular weight excluding hydrogens is 266 g/mol. The monoisotopic (exact) mass is 287 g/mol. The summed E-state index contributed by atoms with van der Waals surface area (Å²) < 4.78 is 6.94. The van der Waals surface area contributed by atoms with Gasteiger partial charge in [0.25, 0.3) is 0 Å². The number of pyridine rings is 1. The minimum absolute atomic E-state index is 0.314. The van der Waals surface area contributed by atoms with E-state index in [4.69, 9.17) is 4.74 Å². The highest BCUT2D eigenvalue weighted by Crippen LogP contribution is 2.27. The van der Waals surface area contributed by atoms with Crippen molar-refractivity contribution in [3.8, 4) is 0 Å². The molecule has 0 N–H and O–H groups in total. The third-order valence-corrected chi connectivity index (χ3v) is 4.20. The molecule has 0 amide bonds. The molecule has 2 aromatic rings. The van der Waals surface area contributed by atoms with E-state index in [0.29, 0.717) is 18.2 Å². The zero-order valence-corrected chi connectivity index (χ0v) is 12.6. The summed E-state index contributed by atoms with van der Waals surface area (Å²) in [4.78, 5) is 18.6. The van der Waals surface area contributed by atoms with E-state index >= 15 is 0 Å². The summed E-state index contributed by atoms with van der Waals surface area (Å²) in [5, 5.41) is 0. The molecule has 0 aliphatic carbocycles. The van der Waals surface area contributed by atoms with Gasteiger partial charge in [-0.1, -0.05) is 6.07 Å². The van der Waals surface area contributed by atoms with Crippen LogP contribution in [0, 0.1) is 0 Å². The van der Waals surface area contributed by atoms with Gasteiger partial charge in [-0.25, -0.2) is 9.78 Å². The summed E-state index contributed by atoms with van der Waals surface area (Å²) in [6.07, 6.45) is 5.95. The number of esters is 1. The number of rotatable bonds is 3. The molecule has 0 atom stereocenters. The molecule has 1 fully saturated rings. The van der Waals surface area contributed by atoms with E-state index < -0.39 is 0 Å². The largest absolute Gasteiger partial charge is 0.461 e. The number of ether oxygens (including phenoxy) is 1. The summed E-state index contributed by atoms with van der Waals surface area (Å²) in [6, 6.07) is 4.11. The van der Waals surface area contributed by atoms with Crippen molar-refractivity contribution in [1.82, 2.24) is 14.3 Å². The minimum atomic E-state index is -0.314. The van der Waals surface area contributed by atoms with Crippen molar-refractivity contribution >= 4 is 11.6 Å². The molecule has 3 rings (SSSR count). The molecule has 0 spiro atoms. The van der Waals surface area contributed by atoms with Crippen molar-refractivity contribution in [1.29, 1.82) is 0 Å². The lowest BCUT2D eigenvalue weighted by atomic mass is 9.91. The van der Waals surface area contributed by atoms with Crippen LogP contribution in [0.25, 0.3) is 5.65 Å². The number of nitrogens with zero attached hydrogens (tertiary/aromatic N) is 3. The highest BCUT2D eigenvalue weighted by atomic mass is 16.5. The summed E-state index contributed by atoms with van der Waals surface area (Å²) in [6.45, 7) is 4.43. The molecular formula is C16H21N3O2. The number of piperidine rings is 1. The van der Waals surface area contributed by atoms with E-state index in [-0.39, 0.29) is 5.97 Å². The fourth-order valence-corrected chi connectivity index (χ4v) is 2.94. The number of fused-ring (bicyclic) bond motifs is 1. The molecule has 1 saturated heterocycles. The fourth-order valence-electron chi connectivity index (χ4n) is 2.94. The van der Waals surface area contributed by atoms with Crippen LogP contribution in [0.5, 0.6) is 0 Å². The molecule has 2 aromatic heterocycles.